The summed E-state index contributed by atoms with van der Waals surface area (Å²) in [7, 11) is -3.40. The van der Waals surface area contributed by atoms with E-state index in [1.54, 1.807) is 6.08 Å². The Morgan fingerprint density at radius 3 is 2.63 bits per heavy atom. The molecule has 1 aliphatic carbocycles. The maximum atomic E-state index is 12.4. The Hall–Kier alpha value is -0.660. The second-order valence-electron chi connectivity index (χ2n) is 4.68. The van der Waals surface area contributed by atoms with Crippen molar-refractivity contribution < 1.29 is 8.42 Å². The standard InChI is InChI=1S/C12H19N2O3S2/c1-2-18-12-9-8-11(13-14(12)15)19(16,17)10-6-4-3-5-7-10/h8-10,13H,2-7H2,1H3/q-1. The van der Waals surface area contributed by atoms with Gasteiger partial charge in [0.2, 0.25) is 0 Å². The fourth-order valence-corrected chi connectivity index (χ4v) is 4.78. The summed E-state index contributed by atoms with van der Waals surface area (Å²) in [6.07, 6.45) is 7.48. The predicted octanol–water partition coefficient (Wildman–Crippen LogP) is 2.49. The van der Waals surface area contributed by atoms with E-state index in [9.17, 15) is 13.6 Å². The molecule has 0 aromatic carbocycles. The SMILES string of the molecule is CCSC1=CC=C(S(=O)(=O)C2CCCCC2)NN1[O-]. The molecule has 1 aliphatic heterocycles. The first-order chi connectivity index (χ1) is 9.05. The first kappa shape index (κ1) is 14.7. The molecule has 2 aliphatic rings. The minimum absolute atomic E-state index is 0.0369. The predicted molar refractivity (Wildman–Crippen MR) is 78.4 cm³/mol. The summed E-state index contributed by atoms with van der Waals surface area (Å²) in [6.45, 7) is 1.94. The summed E-state index contributed by atoms with van der Waals surface area (Å²) in [5.41, 5.74) is 2.45. The molecule has 0 saturated heterocycles. The van der Waals surface area contributed by atoms with Crippen molar-refractivity contribution in [2.24, 2.45) is 0 Å². The van der Waals surface area contributed by atoms with Crippen molar-refractivity contribution in [2.75, 3.05) is 5.75 Å². The van der Waals surface area contributed by atoms with Crippen molar-refractivity contribution >= 4 is 21.6 Å². The van der Waals surface area contributed by atoms with E-state index in [2.05, 4.69) is 5.43 Å². The van der Waals surface area contributed by atoms with E-state index in [0.29, 0.717) is 23.0 Å². The molecule has 2 rings (SSSR count). The third-order valence-corrected chi connectivity index (χ3v) is 6.45. The van der Waals surface area contributed by atoms with Crippen LogP contribution in [0.15, 0.2) is 22.2 Å². The van der Waals surface area contributed by atoms with Gasteiger partial charge in [-0.25, -0.2) is 8.42 Å². The van der Waals surface area contributed by atoms with Gasteiger partial charge in [0.1, 0.15) is 5.03 Å². The van der Waals surface area contributed by atoms with Gasteiger partial charge in [0, 0.05) is 0 Å². The summed E-state index contributed by atoms with van der Waals surface area (Å²) in [4.78, 5) is 0. The highest BCUT2D eigenvalue weighted by molar-refractivity contribution is 8.03. The van der Waals surface area contributed by atoms with Gasteiger partial charge < -0.3 is 10.4 Å². The Balaban J connectivity index is 2.17. The highest BCUT2D eigenvalue weighted by atomic mass is 32.2. The van der Waals surface area contributed by atoms with Crippen molar-refractivity contribution in [3.05, 3.63) is 27.4 Å². The molecule has 108 valence electrons. The van der Waals surface area contributed by atoms with Gasteiger partial charge in [0.15, 0.2) is 9.84 Å². The number of sulfone groups is 1. The Morgan fingerprint density at radius 1 is 1.37 bits per heavy atom. The van der Waals surface area contributed by atoms with Crippen molar-refractivity contribution in [1.29, 1.82) is 0 Å². The number of nitrogens with one attached hydrogen (secondary N) is 1. The molecule has 0 unspecified atom stereocenters. The molecule has 0 atom stereocenters. The van der Waals surface area contributed by atoms with Gasteiger partial charge in [-0.05, 0) is 30.7 Å². The summed E-state index contributed by atoms with van der Waals surface area (Å²) in [6, 6.07) is 0. The summed E-state index contributed by atoms with van der Waals surface area (Å²) >= 11 is 1.38. The smallest absolute Gasteiger partial charge is 0.197 e. The van der Waals surface area contributed by atoms with Crippen LogP contribution in [0.5, 0.6) is 0 Å². The van der Waals surface area contributed by atoms with Gasteiger partial charge in [-0.15, -0.1) is 11.8 Å². The number of nitrogens with zero attached hydrogens (tertiary/aromatic N) is 1. The monoisotopic (exact) mass is 303 g/mol. The Bertz CT molecular complexity index is 479. The largest absolute Gasteiger partial charge is 0.738 e. The van der Waals surface area contributed by atoms with Crippen LogP contribution in [0, 0.1) is 5.21 Å². The molecule has 19 heavy (non-hydrogen) atoms. The Kier molecular flexibility index (Phi) is 4.81. The van der Waals surface area contributed by atoms with Crippen LogP contribution in [0.3, 0.4) is 0 Å². The Labute approximate surface area is 118 Å². The van der Waals surface area contributed by atoms with Gasteiger partial charge >= 0.3 is 0 Å². The minimum atomic E-state index is -3.40. The number of thioether (sulfide) groups is 1. The normalized spacial score (nSPS) is 21.7. The molecule has 0 spiro atoms. The van der Waals surface area contributed by atoms with Crippen LogP contribution in [0.2, 0.25) is 0 Å². The van der Waals surface area contributed by atoms with Crippen LogP contribution in [0.25, 0.3) is 0 Å². The zero-order valence-electron chi connectivity index (χ0n) is 11.0. The third kappa shape index (κ3) is 3.27. The van der Waals surface area contributed by atoms with Gasteiger partial charge in [0.05, 0.1) is 10.3 Å². The van der Waals surface area contributed by atoms with E-state index in [-0.39, 0.29) is 10.3 Å². The van der Waals surface area contributed by atoms with Gasteiger partial charge in [-0.1, -0.05) is 26.2 Å². The van der Waals surface area contributed by atoms with Gasteiger partial charge in [-0.3, -0.25) is 5.43 Å². The van der Waals surface area contributed by atoms with Crippen molar-refractivity contribution in [3.8, 4) is 0 Å². The number of hydroxylamine groups is 1. The molecular formula is C12H19N2O3S2-. The van der Waals surface area contributed by atoms with E-state index >= 15 is 0 Å². The molecule has 0 radical (unpaired) electrons. The highest BCUT2D eigenvalue weighted by Crippen LogP contribution is 2.30. The molecule has 0 bridgehead atoms. The van der Waals surface area contributed by atoms with Crippen LogP contribution in [0.1, 0.15) is 39.0 Å². The van der Waals surface area contributed by atoms with E-state index in [4.69, 9.17) is 0 Å². The fourth-order valence-electron chi connectivity index (χ4n) is 2.38. The summed E-state index contributed by atoms with van der Waals surface area (Å²) in [5, 5.41) is 12.5. The number of rotatable bonds is 4. The topological polar surface area (TPSA) is 72.5 Å². The molecular weight excluding hydrogens is 284 g/mol. The first-order valence-electron chi connectivity index (χ1n) is 6.58. The average Bonchev–Trinajstić information content (AvgIpc) is 2.42. The summed E-state index contributed by atoms with van der Waals surface area (Å²) in [5.74, 6) is 0.769. The zero-order valence-corrected chi connectivity index (χ0v) is 12.6. The lowest BCUT2D eigenvalue weighted by Gasteiger charge is -2.37. The second kappa shape index (κ2) is 6.19. The Morgan fingerprint density at radius 2 is 2.05 bits per heavy atom. The molecule has 7 heteroatoms. The molecule has 1 fully saturated rings. The highest BCUT2D eigenvalue weighted by Gasteiger charge is 2.31. The van der Waals surface area contributed by atoms with Gasteiger partial charge in [-0.2, -0.15) is 0 Å². The van der Waals surface area contributed by atoms with Crippen molar-refractivity contribution in [1.82, 2.24) is 10.6 Å². The van der Waals surface area contributed by atoms with Crippen molar-refractivity contribution in [2.45, 2.75) is 44.3 Å². The molecule has 1 saturated carbocycles. The van der Waals surface area contributed by atoms with E-state index in [1.807, 2.05) is 6.92 Å². The maximum absolute atomic E-state index is 12.4. The minimum Gasteiger partial charge on any atom is -0.738 e. The number of hydrogen-bond acceptors (Lipinski definition) is 6. The van der Waals surface area contributed by atoms with E-state index in [1.165, 1.54) is 17.8 Å². The number of allylic oxidation sites excluding steroid dienone is 2. The van der Waals surface area contributed by atoms with Gasteiger partial charge in [0.25, 0.3) is 0 Å². The van der Waals surface area contributed by atoms with Crippen molar-refractivity contribution in [3.63, 3.8) is 0 Å². The third-order valence-electron chi connectivity index (χ3n) is 3.38. The fraction of sp³-hybridized carbons (Fsp3) is 0.667. The van der Waals surface area contributed by atoms with Crippen LogP contribution >= 0.6 is 11.8 Å². The number of hydrogen-bond donors (Lipinski definition) is 1. The average molecular weight is 303 g/mol. The van der Waals surface area contributed by atoms with Crippen LogP contribution in [-0.4, -0.2) is 24.6 Å². The van der Waals surface area contributed by atoms with E-state index < -0.39 is 9.84 Å². The molecule has 0 aromatic rings. The lowest BCUT2D eigenvalue weighted by molar-refractivity contribution is 0.406. The molecule has 1 heterocycles. The first-order valence-corrected chi connectivity index (χ1v) is 9.11. The molecule has 0 amide bonds. The van der Waals surface area contributed by atoms with Crippen LogP contribution < -0.4 is 5.43 Å². The van der Waals surface area contributed by atoms with Crippen LogP contribution in [-0.2, 0) is 9.84 Å². The number of hydrazine groups is 1. The lowest BCUT2D eigenvalue weighted by Crippen LogP contribution is -2.39. The van der Waals surface area contributed by atoms with Crippen LogP contribution in [0.4, 0.5) is 0 Å². The zero-order chi connectivity index (χ0) is 13.9. The second-order valence-corrected chi connectivity index (χ2v) is 8.16. The van der Waals surface area contributed by atoms with E-state index in [0.717, 1.165) is 25.0 Å². The maximum Gasteiger partial charge on any atom is 0.197 e. The summed E-state index contributed by atoms with van der Waals surface area (Å²) < 4.78 is 24.8. The quantitative estimate of drug-likeness (QED) is 0.860. The lowest BCUT2D eigenvalue weighted by atomic mass is 10.0. The molecule has 5 nitrogen and oxygen atoms in total. The molecule has 0 aromatic heterocycles. The molecule has 1 N–H and O–H groups in total.